The van der Waals surface area contributed by atoms with Gasteiger partial charge in [0.05, 0.1) is 10.5 Å². The highest BCUT2D eigenvalue weighted by molar-refractivity contribution is 9.10. The minimum absolute atomic E-state index is 0.0842. The molecule has 0 radical (unpaired) electrons. The number of rotatable bonds is 4. The number of hydrogen-bond donors (Lipinski definition) is 2. The molecule has 0 aromatic carbocycles. The molecule has 18 heavy (non-hydrogen) atoms. The summed E-state index contributed by atoms with van der Waals surface area (Å²) in [5.41, 5.74) is 5.57. The molecule has 7 heteroatoms. The minimum atomic E-state index is 0.0842. The molecule has 1 unspecified atom stereocenters. The van der Waals surface area contributed by atoms with Gasteiger partial charge in [0, 0.05) is 17.3 Å². The van der Waals surface area contributed by atoms with Gasteiger partial charge in [0.1, 0.15) is 10.8 Å². The van der Waals surface area contributed by atoms with Crippen LogP contribution in [0.5, 0.6) is 0 Å². The van der Waals surface area contributed by atoms with E-state index in [1.807, 2.05) is 13.1 Å². The fraction of sp³-hybridized carbons (Fsp3) is 0.364. The lowest BCUT2D eigenvalue weighted by atomic mass is 10.3. The average Bonchev–Trinajstić information content (AvgIpc) is 2.82. The van der Waals surface area contributed by atoms with Crippen LogP contribution in [0.2, 0.25) is 0 Å². The Morgan fingerprint density at radius 1 is 1.44 bits per heavy atom. The second-order valence-corrected chi connectivity index (χ2v) is 5.81. The lowest BCUT2D eigenvalue weighted by Gasteiger charge is -2.13. The molecule has 2 aromatic rings. The predicted molar refractivity (Wildman–Crippen MR) is 77.7 cm³/mol. The number of aromatic nitrogens is 3. The zero-order chi connectivity index (χ0) is 13.1. The highest BCUT2D eigenvalue weighted by atomic mass is 79.9. The maximum absolute atomic E-state index is 5.57. The van der Waals surface area contributed by atoms with Crippen LogP contribution in [-0.4, -0.2) is 15.0 Å². The molecule has 0 fully saturated rings. The second kappa shape index (κ2) is 5.62. The van der Waals surface area contributed by atoms with Crippen molar-refractivity contribution in [2.24, 2.45) is 0 Å². The molecule has 0 aliphatic rings. The Hall–Kier alpha value is -1.21. The Labute approximate surface area is 118 Å². The molecule has 0 saturated heterocycles. The van der Waals surface area contributed by atoms with E-state index in [1.165, 1.54) is 4.88 Å². The van der Waals surface area contributed by atoms with Crippen LogP contribution >= 0.6 is 27.3 Å². The lowest BCUT2D eigenvalue weighted by molar-refractivity contribution is 0.857. The van der Waals surface area contributed by atoms with Gasteiger partial charge in [-0.1, -0.05) is 6.92 Å². The number of halogens is 1. The van der Waals surface area contributed by atoms with Crippen LogP contribution in [0.1, 0.15) is 29.8 Å². The van der Waals surface area contributed by atoms with E-state index in [4.69, 9.17) is 5.73 Å². The van der Waals surface area contributed by atoms with E-state index >= 15 is 0 Å². The van der Waals surface area contributed by atoms with Crippen LogP contribution in [0.25, 0.3) is 0 Å². The van der Waals surface area contributed by atoms with Crippen LogP contribution in [-0.2, 0) is 6.42 Å². The molecule has 0 saturated carbocycles. The third kappa shape index (κ3) is 2.97. The van der Waals surface area contributed by atoms with E-state index in [0.717, 1.165) is 15.9 Å². The van der Waals surface area contributed by atoms with Crippen molar-refractivity contribution < 1.29 is 0 Å². The lowest BCUT2D eigenvalue weighted by Crippen LogP contribution is -2.09. The molecule has 1 atom stereocenters. The third-order valence-corrected chi connectivity index (χ3v) is 4.31. The van der Waals surface area contributed by atoms with Gasteiger partial charge in [0.25, 0.3) is 0 Å². The van der Waals surface area contributed by atoms with Gasteiger partial charge >= 0.3 is 0 Å². The van der Waals surface area contributed by atoms with Crippen LogP contribution < -0.4 is 11.1 Å². The molecule has 3 N–H and O–H groups in total. The number of aryl methyl sites for hydroxylation is 1. The standard InChI is InChI=1S/C11H14BrN5S/c1-3-7-4-14-10(18-7)6(2)16-9-8(12)5-15-11(13)17-9/h4-6H,3H2,1-2H3,(H3,13,15,16,17). The first kappa shape index (κ1) is 13.2. The van der Waals surface area contributed by atoms with Crippen molar-refractivity contribution >= 4 is 39.0 Å². The van der Waals surface area contributed by atoms with E-state index in [1.54, 1.807) is 17.5 Å². The van der Waals surface area contributed by atoms with Crippen LogP contribution in [0.15, 0.2) is 16.9 Å². The van der Waals surface area contributed by atoms with Crippen molar-refractivity contribution in [1.29, 1.82) is 0 Å². The van der Waals surface area contributed by atoms with Gasteiger partial charge in [-0.2, -0.15) is 4.98 Å². The largest absolute Gasteiger partial charge is 0.368 e. The predicted octanol–water partition coefficient (Wildman–Crippen LogP) is 3.01. The first-order chi connectivity index (χ1) is 8.60. The smallest absolute Gasteiger partial charge is 0.221 e. The van der Waals surface area contributed by atoms with Gasteiger partial charge < -0.3 is 11.1 Å². The summed E-state index contributed by atoms with van der Waals surface area (Å²) in [7, 11) is 0. The average molecular weight is 328 g/mol. The molecule has 0 aliphatic heterocycles. The number of thiazole rings is 1. The Balaban J connectivity index is 2.15. The molecule has 96 valence electrons. The normalized spacial score (nSPS) is 12.4. The summed E-state index contributed by atoms with van der Waals surface area (Å²) in [5, 5.41) is 4.31. The monoisotopic (exact) mass is 327 g/mol. The van der Waals surface area contributed by atoms with Gasteiger partial charge in [-0.3, -0.25) is 0 Å². The van der Waals surface area contributed by atoms with Gasteiger partial charge in [0.2, 0.25) is 5.95 Å². The molecule has 2 rings (SSSR count). The first-order valence-electron chi connectivity index (χ1n) is 5.59. The molecule has 0 aliphatic carbocycles. The van der Waals surface area contributed by atoms with Crippen molar-refractivity contribution in [3.8, 4) is 0 Å². The Bertz CT molecular complexity index is 542. The molecular formula is C11H14BrN5S. The summed E-state index contributed by atoms with van der Waals surface area (Å²) in [5.74, 6) is 0.935. The van der Waals surface area contributed by atoms with Crippen molar-refractivity contribution in [3.63, 3.8) is 0 Å². The van der Waals surface area contributed by atoms with Gasteiger partial charge in [0.15, 0.2) is 0 Å². The number of nitrogen functional groups attached to an aromatic ring is 1. The van der Waals surface area contributed by atoms with E-state index in [-0.39, 0.29) is 12.0 Å². The van der Waals surface area contributed by atoms with Crippen molar-refractivity contribution in [2.75, 3.05) is 11.1 Å². The summed E-state index contributed by atoms with van der Waals surface area (Å²) in [4.78, 5) is 13.7. The second-order valence-electron chi connectivity index (χ2n) is 3.81. The molecule has 5 nitrogen and oxygen atoms in total. The number of nitrogens with zero attached hydrogens (tertiary/aromatic N) is 3. The number of anilines is 2. The topological polar surface area (TPSA) is 76.7 Å². The fourth-order valence-corrected chi connectivity index (χ4v) is 2.60. The third-order valence-electron chi connectivity index (χ3n) is 2.41. The SMILES string of the molecule is CCc1cnc(C(C)Nc2nc(N)ncc2Br)s1. The van der Waals surface area contributed by atoms with Crippen molar-refractivity contribution in [1.82, 2.24) is 15.0 Å². The highest BCUT2D eigenvalue weighted by Gasteiger charge is 2.12. The summed E-state index contributed by atoms with van der Waals surface area (Å²) < 4.78 is 0.788. The van der Waals surface area contributed by atoms with Crippen molar-refractivity contribution in [3.05, 3.63) is 26.8 Å². The Kier molecular flexibility index (Phi) is 4.13. The minimum Gasteiger partial charge on any atom is -0.368 e. The van der Waals surface area contributed by atoms with E-state index in [2.05, 4.69) is 43.1 Å². The number of nitrogens with two attached hydrogens (primary N) is 1. The maximum Gasteiger partial charge on any atom is 0.221 e. The molecule has 2 heterocycles. The van der Waals surface area contributed by atoms with Gasteiger partial charge in [-0.15, -0.1) is 11.3 Å². The molecule has 0 amide bonds. The molecule has 0 spiro atoms. The van der Waals surface area contributed by atoms with E-state index in [0.29, 0.717) is 5.82 Å². The number of nitrogens with one attached hydrogen (secondary N) is 1. The molecular weight excluding hydrogens is 314 g/mol. The van der Waals surface area contributed by atoms with E-state index in [9.17, 15) is 0 Å². The van der Waals surface area contributed by atoms with Crippen LogP contribution in [0.3, 0.4) is 0 Å². The maximum atomic E-state index is 5.57. The fourth-order valence-electron chi connectivity index (χ4n) is 1.44. The number of hydrogen-bond acceptors (Lipinski definition) is 6. The van der Waals surface area contributed by atoms with E-state index < -0.39 is 0 Å². The summed E-state index contributed by atoms with van der Waals surface area (Å²) in [6, 6.07) is 0.0842. The Morgan fingerprint density at radius 3 is 2.89 bits per heavy atom. The zero-order valence-electron chi connectivity index (χ0n) is 10.1. The Morgan fingerprint density at radius 2 is 2.22 bits per heavy atom. The molecule has 0 bridgehead atoms. The van der Waals surface area contributed by atoms with Crippen LogP contribution in [0, 0.1) is 0 Å². The van der Waals surface area contributed by atoms with Gasteiger partial charge in [-0.05, 0) is 29.3 Å². The van der Waals surface area contributed by atoms with Gasteiger partial charge in [-0.25, -0.2) is 9.97 Å². The summed E-state index contributed by atoms with van der Waals surface area (Å²) >= 11 is 5.10. The highest BCUT2D eigenvalue weighted by Crippen LogP contribution is 2.26. The summed E-state index contributed by atoms with van der Waals surface area (Å²) in [6.45, 7) is 4.17. The quantitative estimate of drug-likeness (QED) is 0.902. The first-order valence-corrected chi connectivity index (χ1v) is 7.20. The molecule has 2 aromatic heterocycles. The zero-order valence-corrected chi connectivity index (χ0v) is 12.5. The summed E-state index contributed by atoms with van der Waals surface area (Å²) in [6.07, 6.45) is 4.56. The van der Waals surface area contributed by atoms with Crippen LogP contribution in [0.4, 0.5) is 11.8 Å². The van der Waals surface area contributed by atoms with Crippen molar-refractivity contribution in [2.45, 2.75) is 26.3 Å².